The highest BCUT2D eigenvalue weighted by Gasteiger charge is 2.05. The molecular weight excluding hydrogens is 181 g/mol. The summed E-state index contributed by atoms with van der Waals surface area (Å²) in [5.74, 6) is 0.553. The molecular formula is C13H20BN. The molecule has 2 heteroatoms. The first-order chi connectivity index (χ1) is 7.18. The topological polar surface area (TPSA) is 15.8 Å². The van der Waals surface area contributed by atoms with Crippen LogP contribution in [0.15, 0.2) is 24.4 Å². The third kappa shape index (κ3) is 2.44. The van der Waals surface area contributed by atoms with E-state index in [0.717, 1.165) is 11.0 Å². The van der Waals surface area contributed by atoms with Gasteiger partial charge in [-0.1, -0.05) is 45.3 Å². The minimum atomic E-state index is 0. The van der Waals surface area contributed by atoms with Gasteiger partial charge in [-0.2, -0.15) is 0 Å². The lowest BCUT2D eigenvalue weighted by Gasteiger charge is -2.01. The van der Waals surface area contributed by atoms with E-state index in [0.29, 0.717) is 5.92 Å². The molecule has 0 aliphatic carbocycles. The van der Waals surface area contributed by atoms with Gasteiger partial charge < -0.3 is 4.98 Å². The molecule has 0 bridgehead atoms. The molecule has 2 rings (SSSR count). The fraction of sp³-hybridized carbons (Fsp3) is 0.385. The van der Waals surface area contributed by atoms with Crippen molar-refractivity contribution in [3.63, 3.8) is 0 Å². The molecule has 0 aliphatic heterocycles. The lowest BCUT2D eigenvalue weighted by atomic mass is 9.94. The van der Waals surface area contributed by atoms with Gasteiger partial charge in [-0.05, 0) is 17.5 Å². The molecule has 1 aromatic carbocycles. The van der Waals surface area contributed by atoms with Crippen molar-refractivity contribution in [3.05, 3.63) is 30.0 Å². The first-order valence-corrected chi connectivity index (χ1v) is 5.55. The van der Waals surface area contributed by atoms with Crippen LogP contribution in [-0.2, 0) is 0 Å². The van der Waals surface area contributed by atoms with Crippen molar-refractivity contribution < 1.29 is 1.43 Å². The minimum Gasteiger partial charge on any atom is -0.361 e. The van der Waals surface area contributed by atoms with E-state index in [1.165, 1.54) is 10.9 Å². The van der Waals surface area contributed by atoms with E-state index in [4.69, 9.17) is 7.85 Å². The Labute approximate surface area is 94.8 Å². The van der Waals surface area contributed by atoms with E-state index in [9.17, 15) is 0 Å². The Bertz CT molecular complexity index is 434. The van der Waals surface area contributed by atoms with Crippen molar-refractivity contribution in [3.8, 4) is 0 Å². The second-order valence-electron chi connectivity index (χ2n) is 3.70. The minimum absolute atomic E-state index is 0. The van der Waals surface area contributed by atoms with Gasteiger partial charge in [0.25, 0.3) is 0 Å². The molecule has 0 spiro atoms. The molecule has 80 valence electrons. The van der Waals surface area contributed by atoms with Gasteiger partial charge >= 0.3 is 0 Å². The first kappa shape index (κ1) is 11.9. The summed E-state index contributed by atoms with van der Waals surface area (Å²) in [4.78, 5) is 3.23. The van der Waals surface area contributed by atoms with E-state index < -0.39 is 0 Å². The summed E-state index contributed by atoms with van der Waals surface area (Å²) in [6.07, 6.45) is 2.06. The third-order valence-electron chi connectivity index (χ3n) is 2.36. The highest BCUT2D eigenvalue weighted by atomic mass is 14.7. The van der Waals surface area contributed by atoms with Crippen LogP contribution in [0.1, 0.15) is 40.6 Å². The smallest absolute Gasteiger partial charge is 0.113 e. The fourth-order valence-corrected chi connectivity index (χ4v) is 1.64. The first-order valence-electron chi connectivity index (χ1n) is 5.55. The summed E-state index contributed by atoms with van der Waals surface area (Å²) >= 11 is 0. The maximum Gasteiger partial charge on any atom is 0.113 e. The Morgan fingerprint density at radius 1 is 1.27 bits per heavy atom. The monoisotopic (exact) mass is 201 g/mol. The van der Waals surface area contributed by atoms with Gasteiger partial charge in [-0.3, -0.25) is 0 Å². The van der Waals surface area contributed by atoms with E-state index >= 15 is 0 Å². The van der Waals surface area contributed by atoms with E-state index in [2.05, 4.69) is 31.1 Å². The van der Waals surface area contributed by atoms with Gasteiger partial charge in [0.05, 0.1) is 0 Å². The van der Waals surface area contributed by atoms with Crippen molar-refractivity contribution in [2.45, 2.75) is 33.6 Å². The number of nitrogens with one attached hydrogen (secondary N) is 1. The Morgan fingerprint density at radius 2 is 1.93 bits per heavy atom. The molecule has 0 atom stereocenters. The predicted molar refractivity (Wildman–Crippen MR) is 71.2 cm³/mol. The molecule has 2 radical (unpaired) electrons. The van der Waals surface area contributed by atoms with Gasteiger partial charge in [-0.15, -0.1) is 0 Å². The lowest BCUT2D eigenvalue weighted by molar-refractivity contribution is 0.875. The SMILES string of the molecule is CC.[B]c1ccc2c(C(C)C)c[nH]c2c1.[HH]. The van der Waals surface area contributed by atoms with Crippen molar-refractivity contribution >= 4 is 24.2 Å². The van der Waals surface area contributed by atoms with Crippen molar-refractivity contribution in [2.24, 2.45) is 0 Å². The van der Waals surface area contributed by atoms with E-state index in [1.54, 1.807) is 0 Å². The van der Waals surface area contributed by atoms with Crippen molar-refractivity contribution in [1.82, 2.24) is 4.98 Å². The number of hydrogen-bond acceptors (Lipinski definition) is 0. The number of aromatic amines is 1. The summed E-state index contributed by atoms with van der Waals surface area (Å²) in [6, 6.07) is 6.00. The molecule has 1 aromatic heterocycles. The average molecular weight is 201 g/mol. The molecule has 0 unspecified atom stereocenters. The molecule has 1 nitrogen and oxygen atoms in total. The predicted octanol–water partition coefficient (Wildman–Crippen LogP) is 3.36. The van der Waals surface area contributed by atoms with Gasteiger partial charge in [0.2, 0.25) is 0 Å². The quantitative estimate of drug-likeness (QED) is 0.681. The van der Waals surface area contributed by atoms with Gasteiger partial charge in [0, 0.05) is 18.5 Å². The number of aromatic nitrogens is 1. The highest BCUT2D eigenvalue weighted by Crippen LogP contribution is 2.23. The molecule has 0 saturated heterocycles. The number of benzene rings is 1. The number of H-pyrrole nitrogens is 1. The van der Waals surface area contributed by atoms with Crippen LogP contribution < -0.4 is 5.46 Å². The van der Waals surface area contributed by atoms with E-state index in [1.807, 2.05) is 26.0 Å². The summed E-state index contributed by atoms with van der Waals surface area (Å²) in [5, 5.41) is 1.28. The Kier molecular flexibility index (Phi) is 4.01. The average Bonchev–Trinajstić information content (AvgIpc) is 2.63. The Hall–Kier alpha value is -1.18. The van der Waals surface area contributed by atoms with Crippen LogP contribution in [0.25, 0.3) is 10.9 Å². The highest BCUT2D eigenvalue weighted by molar-refractivity contribution is 6.33. The largest absolute Gasteiger partial charge is 0.361 e. The van der Waals surface area contributed by atoms with Crippen LogP contribution in [0.2, 0.25) is 0 Å². The molecule has 1 N–H and O–H groups in total. The maximum atomic E-state index is 5.69. The van der Waals surface area contributed by atoms with Crippen LogP contribution in [0.5, 0.6) is 0 Å². The molecule has 0 saturated carbocycles. The van der Waals surface area contributed by atoms with Gasteiger partial charge in [0.15, 0.2) is 0 Å². The number of hydrogen-bond donors (Lipinski definition) is 1. The second kappa shape index (κ2) is 5.06. The molecule has 0 aliphatic rings. The van der Waals surface area contributed by atoms with Crippen LogP contribution in [0.4, 0.5) is 0 Å². The normalized spacial score (nSPS) is 10.2. The molecule has 15 heavy (non-hydrogen) atoms. The molecule has 0 amide bonds. The molecule has 2 aromatic rings. The fourth-order valence-electron chi connectivity index (χ4n) is 1.64. The van der Waals surface area contributed by atoms with Gasteiger partial charge in [0.1, 0.15) is 7.85 Å². The molecule has 1 heterocycles. The lowest BCUT2D eigenvalue weighted by Crippen LogP contribution is -1.99. The van der Waals surface area contributed by atoms with Crippen LogP contribution in [0, 0.1) is 0 Å². The summed E-state index contributed by atoms with van der Waals surface area (Å²) < 4.78 is 0. The number of fused-ring (bicyclic) bond motifs is 1. The zero-order valence-electron chi connectivity index (χ0n) is 9.96. The summed E-state index contributed by atoms with van der Waals surface area (Å²) in [5.41, 5.74) is 3.29. The van der Waals surface area contributed by atoms with E-state index in [-0.39, 0.29) is 1.43 Å². The van der Waals surface area contributed by atoms with Crippen molar-refractivity contribution in [2.75, 3.05) is 0 Å². The number of rotatable bonds is 1. The summed E-state index contributed by atoms with van der Waals surface area (Å²) in [6.45, 7) is 8.39. The van der Waals surface area contributed by atoms with Crippen LogP contribution in [0.3, 0.4) is 0 Å². The summed E-state index contributed by atoms with van der Waals surface area (Å²) in [7, 11) is 5.69. The zero-order valence-corrected chi connectivity index (χ0v) is 9.96. The second-order valence-corrected chi connectivity index (χ2v) is 3.70. The van der Waals surface area contributed by atoms with Gasteiger partial charge in [-0.25, -0.2) is 0 Å². The Morgan fingerprint density at radius 3 is 2.53 bits per heavy atom. The van der Waals surface area contributed by atoms with Crippen LogP contribution >= 0.6 is 0 Å². The maximum absolute atomic E-state index is 5.69. The van der Waals surface area contributed by atoms with Crippen molar-refractivity contribution in [1.29, 1.82) is 0 Å². The standard InChI is InChI=1S/C11H12BN.C2H6.H2/c1-7(2)10-6-13-11-5-8(12)3-4-9(10)11;1-2;/h3-7,13H,1-2H3;1-2H3;1H. The zero-order chi connectivity index (χ0) is 11.4. The molecule has 0 fully saturated rings. The third-order valence-corrected chi connectivity index (χ3v) is 2.36. The van der Waals surface area contributed by atoms with Crippen LogP contribution in [-0.4, -0.2) is 12.8 Å². The Balaban J connectivity index is 0.000000711.